The number of para-hydroxylation sites is 2. The van der Waals surface area contributed by atoms with E-state index in [1.54, 1.807) is 0 Å². The highest BCUT2D eigenvalue weighted by Gasteiger charge is 2.15. The van der Waals surface area contributed by atoms with Crippen LogP contribution < -0.4 is 10.6 Å². The van der Waals surface area contributed by atoms with Gasteiger partial charge in [0, 0.05) is 29.7 Å². The van der Waals surface area contributed by atoms with Crippen LogP contribution in [0.5, 0.6) is 0 Å². The van der Waals surface area contributed by atoms with Gasteiger partial charge in [-0.2, -0.15) is 0 Å². The molecule has 4 heteroatoms. The summed E-state index contributed by atoms with van der Waals surface area (Å²) in [6, 6.07) is 20.7. The number of anilines is 2. The van der Waals surface area contributed by atoms with Crippen molar-refractivity contribution in [1.29, 1.82) is 0 Å². The number of rotatable bonds is 5. The number of aromatic nitrogens is 2. The highest BCUT2D eigenvalue weighted by Crippen LogP contribution is 2.34. The largest absolute Gasteiger partial charge is 0.338 e. The fourth-order valence-electron chi connectivity index (χ4n) is 3.23. The second-order valence-corrected chi connectivity index (χ2v) is 6.00. The molecule has 4 rings (SSSR count). The van der Waals surface area contributed by atoms with E-state index in [4.69, 9.17) is 5.73 Å². The summed E-state index contributed by atoms with van der Waals surface area (Å²) in [4.78, 5) is 11.5. The zero-order chi connectivity index (χ0) is 17.1. The molecule has 0 saturated heterocycles. The molecular weight excluding hydrogens is 308 g/mol. The van der Waals surface area contributed by atoms with E-state index in [0.29, 0.717) is 6.54 Å². The Morgan fingerprint density at radius 3 is 1.76 bits per heavy atom. The second-order valence-electron chi connectivity index (χ2n) is 6.00. The van der Waals surface area contributed by atoms with Crippen LogP contribution in [-0.2, 0) is 0 Å². The zero-order valence-electron chi connectivity index (χ0n) is 14.0. The first-order chi connectivity index (χ1) is 12.4. The van der Waals surface area contributed by atoms with E-state index in [9.17, 15) is 0 Å². The van der Waals surface area contributed by atoms with E-state index in [1.165, 1.54) is 0 Å². The molecule has 4 aromatic rings. The van der Waals surface area contributed by atoms with Gasteiger partial charge in [-0.05, 0) is 37.2 Å². The average molecular weight is 328 g/mol. The Morgan fingerprint density at radius 1 is 0.720 bits per heavy atom. The Balaban J connectivity index is 1.94. The Bertz CT molecular complexity index is 923. The van der Waals surface area contributed by atoms with Crippen molar-refractivity contribution >= 4 is 33.2 Å². The Hall–Kier alpha value is -2.98. The molecule has 2 aromatic carbocycles. The van der Waals surface area contributed by atoms with Gasteiger partial charge in [0.15, 0.2) is 0 Å². The molecule has 124 valence electrons. The van der Waals surface area contributed by atoms with Crippen LogP contribution in [0.2, 0.25) is 0 Å². The lowest BCUT2D eigenvalue weighted by Gasteiger charge is -2.26. The monoisotopic (exact) mass is 328 g/mol. The summed E-state index contributed by atoms with van der Waals surface area (Å²) in [5.41, 5.74) is 9.97. The van der Waals surface area contributed by atoms with E-state index in [1.807, 2.05) is 24.5 Å². The smallest absolute Gasteiger partial charge is 0.0938 e. The van der Waals surface area contributed by atoms with Crippen LogP contribution in [0.1, 0.15) is 6.42 Å². The molecule has 0 aliphatic heterocycles. The third-order valence-corrected chi connectivity index (χ3v) is 4.39. The number of nitrogens with two attached hydrogens (primary N) is 1. The van der Waals surface area contributed by atoms with Crippen molar-refractivity contribution < 1.29 is 0 Å². The van der Waals surface area contributed by atoms with Gasteiger partial charge in [0.2, 0.25) is 0 Å². The van der Waals surface area contributed by atoms with Crippen molar-refractivity contribution in [2.45, 2.75) is 6.42 Å². The summed E-state index contributed by atoms with van der Waals surface area (Å²) in [6.07, 6.45) is 4.58. The lowest BCUT2D eigenvalue weighted by molar-refractivity contribution is 0.820. The van der Waals surface area contributed by atoms with Crippen LogP contribution in [0.3, 0.4) is 0 Å². The molecule has 0 fully saturated rings. The summed E-state index contributed by atoms with van der Waals surface area (Å²) in [7, 11) is 0. The molecule has 0 amide bonds. The molecular formula is C21H20N4. The summed E-state index contributed by atoms with van der Waals surface area (Å²) in [6.45, 7) is 1.47. The van der Waals surface area contributed by atoms with E-state index in [2.05, 4.69) is 63.4 Å². The molecule has 0 saturated carbocycles. The number of hydrogen-bond acceptors (Lipinski definition) is 4. The molecule has 0 aliphatic rings. The van der Waals surface area contributed by atoms with Crippen molar-refractivity contribution in [3.63, 3.8) is 0 Å². The molecule has 2 heterocycles. The fraction of sp³-hybridized carbons (Fsp3) is 0.143. The van der Waals surface area contributed by atoms with Crippen molar-refractivity contribution in [3.8, 4) is 0 Å². The normalized spacial score (nSPS) is 11.1. The zero-order valence-corrected chi connectivity index (χ0v) is 14.0. The van der Waals surface area contributed by atoms with Gasteiger partial charge in [0.05, 0.1) is 22.4 Å². The van der Waals surface area contributed by atoms with Gasteiger partial charge in [-0.1, -0.05) is 36.4 Å². The minimum Gasteiger partial charge on any atom is -0.338 e. The highest BCUT2D eigenvalue weighted by molar-refractivity contribution is 5.98. The van der Waals surface area contributed by atoms with Crippen LogP contribution >= 0.6 is 0 Å². The molecule has 0 atom stereocenters. The van der Waals surface area contributed by atoms with Gasteiger partial charge in [0.25, 0.3) is 0 Å². The van der Waals surface area contributed by atoms with Gasteiger partial charge in [-0.25, -0.2) is 0 Å². The summed E-state index contributed by atoms with van der Waals surface area (Å²) < 4.78 is 0. The fourth-order valence-corrected chi connectivity index (χ4v) is 3.23. The summed E-state index contributed by atoms with van der Waals surface area (Å²) >= 11 is 0. The van der Waals surface area contributed by atoms with Crippen LogP contribution in [0, 0.1) is 0 Å². The lowest BCUT2D eigenvalue weighted by atomic mass is 10.1. The highest BCUT2D eigenvalue weighted by atomic mass is 15.1. The minimum absolute atomic E-state index is 0.646. The first-order valence-corrected chi connectivity index (χ1v) is 8.53. The maximum atomic E-state index is 5.80. The number of fused-ring (bicyclic) bond motifs is 2. The Kier molecular flexibility index (Phi) is 4.27. The minimum atomic E-state index is 0.646. The van der Waals surface area contributed by atoms with Gasteiger partial charge < -0.3 is 10.6 Å². The van der Waals surface area contributed by atoms with E-state index in [-0.39, 0.29) is 0 Å². The topological polar surface area (TPSA) is 55.0 Å². The predicted molar refractivity (Wildman–Crippen MR) is 104 cm³/mol. The molecule has 4 nitrogen and oxygen atoms in total. The summed E-state index contributed by atoms with van der Waals surface area (Å²) in [5, 5.41) is 2.26. The number of nitrogens with zero attached hydrogens (tertiary/aromatic N) is 3. The van der Waals surface area contributed by atoms with Gasteiger partial charge >= 0.3 is 0 Å². The molecule has 25 heavy (non-hydrogen) atoms. The third-order valence-electron chi connectivity index (χ3n) is 4.39. The molecule has 0 spiro atoms. The van der Waals surface area contributed by atoms with Crippen LogP contribution in [-0.4, -0.2) is 23.1 Å². The Morgan fingerprint density at radius 2 is 1.24 bits per heavy atom. The molecule has 0 radical (unpaired) electrons. The third kappa shape index (κ3) is 2.92. The average Bonchev–Trinajstić information content (AvgIpc) is 2.68. The number of pyridine rings is 2. The van der Waals surface area contributed by atoms with Crippen molar-refractivity contribution in [3.05, 3.63) is 73.1 Å². The molecule has 0 bridgehead atoms. The van der Waals surface area contributed by atoms with Crippen LogP contribution in [0.15, 0.2) is 73.1 Å². The van der Waals surface area contributed by atoms with Crippen molar-refractivity contribution in [2.75, 3.05) is 18.0 Å². The predicted octanol–water partition coefficient (Wildman–Crippen LogP) is 4.27. The number of hydrogen-bond donors (Lipinski definition) is 1. The quantitative estimate of drug-likeness (QED) is 0.594. The van der Waals surface area contributed by atoms with Crippen LogP contribution in [0.25, 0.3) is 21.8 Å². The van der Waals surface area contributed by atoms with Gasteiger partial charge in [0.1, 0.15) is 0 Å². The van der Waals surface area contributed by atoms with Crippen molar-refractivity contribution in [1.82, 2.24) is 9.97 Å². The Labute approximate surface area is 146 Å². The summed E-state index contributed by atoms with van der Waals surface area (Å²) in [5.74, 6) is 0. The van der Waals surface area contributed by atoms with E-state index in [0.717, 1.165) is 46.1 Å². The van der Waals surface area contributed by atoms with E-state index < -0.39 is 0 Å². The maximum Gasteiger partial charge on any atom is 0.0938 e. The first-order valence-electron chi connectivity index (χ1n) is 8.53. The molecule has 2 N–H and O–H groups in total. The molecule has 0 aliphatic carbocycles. The van der Waals surface area contributed by atoms with Gasteiger partial charge in [-0.3, -0.25) is 9.97 Å². The molecule has 2 aromatic heterocycles. The molecule has 0 unspecified atom stereocenters. The first kappa shape index (κ1) is 15.5. The SMILES string of the molecule is NCCCN(c1cccc2cccnc12)c1cccc2cccnc12. The van der Waals surface area contributed by atoms with Crippen molar-refractivity contribution in [2.24, 2.45) is 5.73 Å². The van der Waals surface area contributed by atoms with E-state index >= 15 is 0 Å². The lowest BCUT2D eigenvalue weighted by Crippen LogP contribution is -2.21. The second kappa shape index (κ2) is 6.87. The van der Waals surface area contributed by atoms with Crippen LogP contribution in [0.4, 0.5) is 11.4 Å². The maximum absolute atomic E-state index is 5.80. The number of benzene rings is 2. The standard InChI is InChI=1S/C21H20N4/c22-12-5-15-25(18-10-1-6-16-8-3-13-23-20(16)18)19-11-2-7-17-9-4-14-24-21(17)19/h1-4,6-11,13-14H,5,12,15,22H2. The van der Waals surface area contributed by atoms with Gasteiger partial charge in [-0.15, -0.1) is 0 Å².